The van der Waals surface area contributed by atoms with Crippen LogP contribution in [0.3, 0.4) is 0 Å². The zero-order valence-electron chi connectivity index (χ0n) is 9.66. The third kappa shape index (κ3) is 4.30. The summed E-state index contributed by atoms with van der Waals surface area (Å²) < 4.78 is 1.83. The molecule has 0 aliphatic heterocycles. The summed E-state index contributed by atoms with van der Waals surface area (Å²) >= 11 is 6.67. The molecule has 1 rings (SSSR count). The normalized spacial score (nSPS) is 19.6. The van der Waals surface area contributed by atoms with E-state index in [9.17, 15) is 4.79 Å². The molecule has 0 fully saturated rings. The van der Waals surface area contributed by atoms with Crippen molar-refractivity contribution >= 4 is 45.2 Å². The average molecular weight is 321 g/mol. The lowest BCUT2D eigenvalue weighted by molar-refractivity contribution is -0.115. The van der Waals surface area contributed by atoms with Crippen molar-refractivity contribution in [2.75, 3.05) is 12.5 Å². The molecule has 1 aliphatic carbocycles. The van der Waals surface area contributed by atoms with Crippen molar-refractivity contribution in [3.05, 3.63) is 20.9 Å². The molecule has 0 bridgehead atoms. The maximum Gasteiger partial charge on any atom is 0.172 e. The lowest BCUT2D eigenvalue weighted by atomic mass is 9.91. The molecule has 0 radical (unpaired) electrons. The molecule has 1 atom stereocenters. The second-order valence-electron chi connectivity index (χ2n) is 3.76. The molecule has 16 heavy (non-hydrogen) atoms. The summed E-state index contributed by atoms with van der Waals surface area (Å²) in [5, 5.41) is 0. The minimum absolute atomic E-state index is 0.232. The Morgan fingerprint density at radius 3 is 2.62 bits per heavy atom. The van der Waals surface area contributed by atoms with E-state index in [4.69, 9.17) is 0 Å². The Morgan fingerprint density at radius 1 is 1.44 bits per heavy atom. The van der Waals surface area contributed by atoms with Gasteiger partial charge in [-0.15, -0.1) is 23.5 Å². The maximum absolute atomic E-state index is 12.0. The number of ketones is 1. The highest BCUT2D eigenvalue weighted by molar-refractivity contribution is 9.12. The fourth-order valence-electron chi connectivity index (χ4n) is 1.76. The third-order valence-corrected chi connectivity index (χ3v) is 6.11. The fraction of sp³-hybridized carbons (Fsp3) is 0.583. The largest absolute Gasteiger partial charge is 0.294 e. The molecular weight excluding hydrogens is 304 g/mol. The predicted octanol–water partition coefficient (Wildman–Crippen LogP) is 4.59. The van der Waals surface area contributed by atoms with Gasteiger partial charge in [0.1, 0.15) is 0 Å². The Balaban J connectivity index is 2.60. The van der Waals surface area contributed by atoms with E-state index in [1.54, 1.807) is 23.5 Å². The molecule has 0 N–H and O–H groups in total. The molecule has 90 valence electrons. The van der Waals surface area contributed by atoms with Gasteiger partial charge in [0.05, 0.1) is 8.72 Å². The Morgan fingerprint density at radius 2 is 2.12 bits per heavy atom. The zero-order chi connectivity index (χ0) is 12.0. The SMILES string of the molecule is CSC(SC)=C(Br)C(=O)CC1C=CCCC1. The van der Waals surface area contributed by atoms with Crippen molar-refractivity contribution in [1.82, 2.24) is 0 Å². The van der Waals surface area contributed by atoms with Crippen molar-refractivity contribution in [3.63, 3.8) is 0 Å². The van der Waals surface area contributed by atoms with Gasteiger partial charge in [-0.25, -0.2) is 0 Å². The number of thioether (sulfide) groups is 2. The molecule has 0 spiro atoms. The number of carbonyl (C=O) groups excluding carboxylic acids is 1. The number of hydrogen-bond acceptors (Lipinski definition) is 3. The van der Waals surface area contributed by atoms with Gasteiger partial charge in [0, 0.05) is 6.42 Å². The smallest absolute Gasteiger partial charge is 0.172 e. The highest BCUT2D eigenvalue weighted by Crippen LogP contribution is 2.33. The second kappa shape index (κ2) is 7.62. The van der Waals surface area contributed by atoms with Crippen LogP contribution in [0.25, 0.3) is 0 Å². The molecule has 4 heteroatoms. The fourth-order valence-corrected chi connectivity index (χ4v) is 4.14. The Hall–Kier alpha value is 0.330. The van der Waals surface area contributed by atoms with Gasteiger partial charge in [0.15, 0.2) is 5.78 Å². The zero-order valence-corrected chi connectivity index (χ0v) is 12.9. The number of Topliss-reactive ketones (excluding diaryl/α,β-unsaturated/α-hetero) is 1. The van der Waals surface area contributed by atoms with Crippen molar-refractivity contribution in [2.45, 2.75) is 25.7 Å². The van der Waals surface area contributed by atoms with Gasteiger partial charge >= 0.3 is 0 Å². The molecule has 1 aliphatic rings. The van der Waals surface area contributed by atoms with E-state index in [1.165, 1.54) is 12.8 Å². The summed E-state index contributed by atoms with van der Waals surface area (Å²) in [6.45, 7) is 0. The molecule has 0 aromatic carbocycles. The molecule has 1 unspecified atom stereocenters. The van der Waals surface area contributed by atoms with Crippen LogP contribution in [0.1, 0.15) is 25.7 Å². The topological polar surface area (TPSA) is 17.1 Å². The second-order valence-corrected chi connectivity index (χ2v) is 6.44. The Labute approximate surface area is 115 Å². The number of carbonyl (C=O) groups is 1. The molecule has 1 nitrogen and oxygen atoms in total. The maximum atomic E-state index is 12.0. The Kier molecular flexibility index (Phi) is 6.85. The summed E-state index contributed by atoms with van der Waals surface area (Å²) in [5.74, 6) is 0.675. The molecule has 0 amide bonds. The first-order chi connectivity index (χ1) is 7.69. The van der Waals surface area contributed by atoms with E-state index < -0.39 is 0 Å². The van der Waals surface area contributed by atoms with E-state index in [1.807, 2.05) is 12.5 Å². The minimum Gasteiger partial charge on any atom is -0.294 e. The summed E-state index contributed by atoms with van der Waals surface area (Å²) in [4.78, 5) is 12.0. The number of rotatable bonds is 5. The Bertz CT molecular complexity index is 304. The van der Waals surface area contributed by atoms with Gasteiger partial charge in [-0.3, -0.25) is 4.79 Å². The number of allylic oxidation sites excluding steroid dienone is 3. The van der Waals surface area contributed by atoms with Crippen molar-refractivity contribution in [3.8, 4) is 0 Å². The highest BCUT2D eigenvalue weighted by Gasteiger charge is 2.17. The summed E-state index contributed by atoms with van der Waals surface area (Å²) in [7, 11) is 0. The van der Waals surface area contributed by atoms with Gasteiger partial charge in [-0.1, -0.05) is 12.2 Å². The van der Waals surface area contributed by atoms with Crippen molar-refractivity contribution < 1.29 is 4.79 Å². The van der Waals surface area contributed by atoms with Gasteiger partial charge in [-0.2, -0.15) is 0 Å². The van der Waals surface area contributed by atoms with Crippen LogP contribution in [0.4, 0.5) is 0 Å². The predicted molar refractivity (Wildman–Crippen MR) is 79.1 cm³/mol. The summed E-state index contributed by atoms with van der Waals surface area (Å²) in [5.41, 5.74) is 0. The van der Waals surface area contributed by atoms with Crippen molar-refractivity contribution in [1.29, 1.82) is 0 Å². The van der Waals surface area contributed by atoms with Crippen LogP contribution >= 0.6 is 39.5 Å². The number of halogens is 1. The third-order valence-electron chi connectivity index (χ3n) is 2.60. The summed E-state index contributed by atoms with van der Waals surface area (Å²) in [6, 6.07) is 0. The van der Waals surface area contributed by atoms with E-state index in [0.29, 0.717) is 12.3 Å². The van der Waals surface area contributed by atoms with E-state index >= 15 is 0 Å². The average Bonchev–Trinajstić information content (AvgIpc) is 2.31. The molecular formula is C12H17BrOS2. The van der Waals surface area contributed by atoms with Gasteiger partial charge in [-0.05, 0) is 53.6 Å². The molecule has 0 aromatic heterocycles. The van der Waals surface area contributed by atoms with E-state index in [0.717, 1.165) is 15.1 Å². The first-order valence-corrected chi connectivity index (χ1v) is 8.61. The molecule has 0 saturated heterocycles. The first kappa shape index (κ1) is 14.4. The van der Waals surface area contributed by atoms with Crippen molar-refractivity contribution in [2.24, 2.45) is 5.92 Å². The van der Waals surface area contributed by atoms with Gasteiger partial charge in [0.25, 0.3) is 0 Å². The van der Waals surface area contributed by atoms with Crippen LogP contribution in [0, 0.1) is 5.92 Å². The molecule has 0 aromatic rings. The molecule has 0 saturated carbocycles. The highest BCUT2D eigenvalue weighted by atomic mass is 79.9. The van der Waals surface area contributed by atoms with Crippen LogP contribution < -0.4 is 0 Å². The van der Waals surface area contributed by atoms with E-state index in [2.05, 4.69) is 28.1 Å². The molecule has 0 heterocycles. The van der Waals surface area contributed by atoms with Crippen LogP contribution in [-0.2, 0) is 4.79 Å². The monoisotopic (exact) mass is 320 g/mol. The van der Waals surface area contributed by atoms with Crippen LogP contribution in [0.2, 0.25) is 0 Å². The van der Waals surface area contributed by atoms with Crippen LogP contribution in [0.5, 0.6) is 0 Å². The van der Waals surface area contributed by atoms with Gasteiger partial charge < -0.3 is 0 Å². The lowest BCUT2D eigenvalue weighted by Crippen LogP contribution is -2.09. The number of hydrogen-bond donors (Lipinski definition) is 0. The quantitative estimate of drug-likeness (QED) is 0.544. The summed E-state index contributed by atoms with van der Waals surface area (Å²) in [6.07, 6.45) is 12.6. The van der Waals surface area contributed by atoms with E-state index in [-0.39, 0.29) is 5.78 Å². The lowest BCUT2D eigenvalue weighted by Gasteiger charge is -2.15. The van der Waals surface area contributed by atoms with Crippen LogP contribution in [-0.4, -0.2) is 18.3 Å². The van der Waals surface area contributed by atoms with Crippen LogP contribution in [0.15, 0.2) is 20.9 Å². The first-order valence-electron chi connectivity index (χ1n) is 5.36. The minimum atomic E-state index is 0.232. The van der Waals surface area contributed by atoms with Gasteiger partial charge in [0.2, 0.25) is 0 Å². The standard InChI is InChI=1S/C12H17BrOS2/c1-15-12(16-2)11(13)10(14)8-9-6-4-3-5-7-9/h4,6,9H,3,5,7-8H2,1-2H3.